The summed E-state index contributed by atoms with van der Waals surface area (Å²) in [6.45, 7) is 8.57. The van der Waals surface area contributed by atoms with Gasteiger partial charge in [0.2, 0.25) is 0 Å². The molecule has 0 atom stereocenters. The van der Waals surface area contributed by atoms with Crippen molar-refractivity contribution in [2.24, 2.45) is 4.99 Å². The predicted molar refractivity (Wildman–Crippen MR) is 96.5 cm³/mol. The van der Waals surface area contributed by atoms with Crippen molar-refractivity contribution >= 4 is 29.9 Å². The van der Waals surface area contributed by atoms with E-state index in [2.05, 4.69) is 54.6 Å². The molecule has 0 saturated carbocycles. The molecule has 2 N–H and O–H groups in total. The molecule has 0 aliphatic rings. The molecule has 0 bridgehead atoms. The first-order valence-corrected chi connectivity index (χ1v) is 6.81. The third-order valence-corrected chi connectivity index (χ3v) is 2.62. The molecule has 0 amide bonds. The molecule has 0 spiro atoms. The Labute approximate surface area is 139 Å². The van der Waals surface area contributed by atoms with Crippen molar-refractivity contribution in [1.29, 1.82) is 0 Å². The number of hydrogen-bond acceptors (Lipinski definition) is 2. The average Bonchev–Trinajstić information content (AvgIpc) is 2.37. The Kier molecular flexibility index (Phi) is 10.2. The van der Waals surface area contributed by atoms with Gasteiger partial charge in [-0.2, -0.15) is 0 Å². The molecule has 1 rings (SSSR count). The van der Waals surface area contributed by atoms with Gasteiger partial charge in [-0.15, -0.1) is 24.0 Å². The third-order valence-electron chi connectivity index (χ3n) is 2.62. The van der Waals surface area contributed by atoms with Crippen LogP contribution in [0.3, 0.4) is 0 Å². The van der Waals surface area contributed by atoms with Crippen molar-refractivity contribution < 1.29 is 4.74 Å². The predicted octanol–water partition coefficient (Wildman–Crippen LogP) is 2.88. The topological polar surface area (TPSA) is 45.7 Å². The van der Waals surface area contributed by atoms with Crippen LogP contribution in [0.4, 0.5) is 0 Å². The molecule has 0 heterocycles. The van der Waals surface area contributed by atoms with Gasteiger partial charge in [0, 0.05) is 13.6 Å². The van der Waals surface area contributed by atoms with Gasteiger partial charge in [0.25, 0.3) is 0 Å². The molecule has 0 aliphatic carbocycles. The van der Waals surface area contributed by atoms with Crippen LogP contribution in [0.5, 0.6) is 5.75 Å². The summed E-state index contributed by atoms with van der Waals surface area (Å²) >= 11 is 0. The maximum absolute atomic E-state index is 5.72. The minimum Gasteiger partial charge on any atom is -0.492 e. The molecular weight excluding hydrogens is 365 g/mol. The lowest BCUT2D eigenvalue weighted by atomic mass is 10.1. The summed E-state index contributed by atoms with van der Waals surface area (Å²) in [5.41, 5.74) is 2.45. The zero-order chi connectivity index (χ0) is 14.1. The summed E-state index contributed by atoms with van der Waals surface area (Å²) in [6, 6.07) is 6.25. The molecule has 4 nitrogen and oxygen atoms in total. The van der Waals surface area contributed by atoms with Gasteiger partial charge < -0.3 is 15.4 Å². The number of guanidine groups is 1. The molecule has 0 radical (unpaired) electrons. The fourth-order valence-electron chi connectivity index (χ4n) is 1.82. The molecule has 5 heteroatoms. The zero-order valence-electron chi connectivity index (χ0n) is 12.8. The van der Waals surface area contributed by atoms with E-state index in [1.54, 1.807) is 7.05 Å². The second-order valence-corrected chi connectivity index (χ2v) is 4.60. The van der Waals surface area contributed by atoms with Gasteiger partial charge in [-0.05, 0) is 43.5 Å². The molecule has 0 unspecified atom stereocenters. The summed E-state index contributed by atoms with van der Waals surface area (Å²) in [6.07, 6.45) is 1.08. The highest BCUT2D eigenvalue weighted by atomic mass is 127. The largest absolute Gasteiger partial charge is 0.492 e. The van der Waals surface area contributed by atoms with Crippen molar-refractivity contribution in [1.82, 2.24) is 10.6 Å². The summed E-state index contributed by atoms with van der Waals surface area (Å²) < 4.78 is 5.72. The first-order valence-electron chi connectivity index (χ1n) is 6.81. The van der Waals surface area contributed by atoms with Gasteiger partial charge in [-0.25, -0.2) is 0 Å². The number of nitrogens with one attached hydrogen (secondary N) is 2. The van der Waals surface area contributed by atoms with Crippen LogP contribution in [-0.2, 0) is 0 Å². The van der Waals surface area contributed by atoms with Gasteiger partial charge in [-0.1, -0.05) is 13.0 Å². The maximum Gasteiger partial charge on any atom is 0.191 e. The molecule has 1 aromatic carbocycles. The monoisotopic (exact) mass is 391 g/mol. The Bertz CT molecular complexity index is 401. The number of halogens is 1. The summed E-state index contributed by atoms with van der Waals surface area (Å²) in [5.74, 6) is 1.75. The van der Waals surface area contributed by atoms with E-state index < -0.39 is 0 Å². The number of rotatable bonds is 6. The van der Waals surface area contributed by atoms with E-state index in [0.29, 0.717) is 6.61 Å². The highest BCUT2D eigenvalue weighted by molar-refractivity contribution is 14.0. The summed E-state index contributed by atoms with van der Waals surface area (Å²) in [7, 11) is 1.77. The Balaban J connectivity index is 0.00000361. The van der Waals surface area contributed by atoms with Crippen LogP contribution in [0.15, 0.2) is 23.2 Å². The Morgan fingerprint density at radius 2 is 1.70 bits per heavy atom. The molecule has 20 heavy (non-hydrogen) atoms. The Morgan fingerprint density at radius 3 is 2.25 bits per heavy atom. The highest BCUT2D eigenvalue weighted by Gasteiger charge is 1.98. The van der Waals surface area contributed by atoms with Crippen molar-refractivity contribution in [3.05, 3.63) is 29.3 Å². The molecule has 0 aliphatic heterocycles. The number of aryl methyl sites for hydroxylation is 2. The lowest BCUT2D eigenvalue weighted by Crippen LogP contribution is -2.39. The zero-order valence-corrected chi connectivity index (χ0v) is 15.2. The van der Waals surface area contributed by atoms with E-state index in [1.807, 2.05) is 0 Å². The standard InChI is InChI=1S/C15H25N3O.HI/c1-5-6-17-15(16-4)18-7-8-19-14-10-12(2)9-13(3)11-14;/h9-11H,5-8H2,1-4H3,(H2,16,17,18);1H. The first-order chi connectivity index (χ1) is 9.15. The minimum atomic E-state index is 0. The van der Waals surface area contributed by atoms with E-state index in [1.165, 1.54) is 11.1 Å². The van der Waals surface area contributed by atoms with Gasteiger partial charge >= 0.3 is 0 Å². The minimum absolute atomic E-state index is 0. The van der Waals surface area contributed by atoms with Crippen LogP contribution in [0.25, 0.3) is 0 Å². The maximum atomic E-state index is 5.72. The van der Waals surface area contributed by atoms with Crippen LogP contribution < -0.4 is 15.4 Å². The molecule has 1 aromatic rings. The quantitative estimate of drug-likeness (QED) is 0.339. The Hall–Kier alpha value is -0.980. The number of hydrogen-bond donors (Lipinski definition) is 2. The van der Waals surface area contributed by atoms with Crippen molar-refractivity contribution in [2.75, 3.05) is 26.7 Å². The lowest BCUT2D eigenvalue weighted by Gasteiger charge is -2.12. The van der Waals surface area contributed by atoms with Crippen LogP contribution in [-0.4, -0.2) is 32.7 Å². The second-order valence-electron chi connectivity index (χ2n) is 4.60. The van der Waals surface area contributed by atoms with Gasteiger partial charge in [-0.3, -0.25) is 4.99 Å². The van der Waals surface area contributed by atoms with Crippen LogP contribution in [0.2, 0.25) is 0 Å². The average molecular weight is 391 g/mol. The fraction of sp³-hybridized carbons (Fsp3) is 0.533. The number of benzene rings is 1. The fourth-order valence-corrected chi connectivity index (χ4v) is 1.82. The van der Waals surface area contributed by atoms with Gasteiger partial charge in [0.15, 0.2) is 5.96 Å². The first kappa shape index (κ1) is 19.0. The van der Waals surface area contributed by atoms with E-state index in [4.69, 9.17) is 4.74 Å². The molecule has 0 aromatic heterocycles. The van der Waals surface area contributed by atoms with E-state index in [0.717, 1.165) is 31.2 Å². The second kappa shape index (κ2) is 10.8. The van der Waals surface area contributed by atoms with E-state index >= 15 is 0 Å². The molecular formula is C15H26IN3O. The lowest BCUT2D eigenvalue weighted by molar-refractivity contribution is 0.321. The van der Waals surface area contributed by atoms with Crippen molar-refractivity contribution in [2.45, 2.75) is 27.2 Å². The van der Waals surface area contributed by atoms with Crippen molar-refractivity contribution in [3.8, 4) is 5.75 Å². The van der Waals surface area contributed by atoms with Crippen LogP contribution >= 0.6 is 24.0 Å². The number of aliphatic imine (C=N–C) groups is 1. The number of nitrogens with zero attached hydrogens (tertiary/aromatic N) is 1. The third kappa shape index (κ3) is 7.57. The van der Waals surface area contributed by atoms with E-state index in [-0.39, 0.29) is 24.0 Å². The Morgan fingerprint density at radius 1 is 1.10 bits per heavy atom. The SMILES string of the molecule is CCCNC(=NC)NCCOc1cc(C)cc(C)c1.I. The van der Waals surface area contributed by atoms with Gasteiger partial charge in [0.1, 0.15) is 12.4 Å². The molecule has 0 fully saturated rings. The summed E-state index contributed by atoms with van der Waals surface area (Å²) in [5, 5.41) is 6.44. The normalized spacial score (nSPS) is 10.7. The van der Waals surface area contributed by atoms with Crippen molar-refractivity contribution in [3.63, 3.8) is 0 Å². The molecule has 114 valence electrons. The highest BCUT2D eigenvalue weighted by Crippen LogP contribution is 2.15. The number of ether oxygens (including phenoxy) is 1. The smallest absolute Gasteiger partial charge is 0.191 e. The summed E-state index contributed by atoms with van der Waals surface area (Å²) in [4.78, 5) is 4.14. The van der Waals surface area contributed by atoms with Crippen LogP contribution in [0.1, 0.15) is 24.5 Å². The van der Waals surface area contributed by atoms with Gasteiger partial charge in [0.05, 0.1) is 6.54 Å². The van der Waals surface area contributed by atoms with E-state index in [9.17, 15) is 0 Å². The van der Waals surface area contributed by atoms with Crippen LogP contribution in [0, 0.1) is 13.8 Å². The molecule has 0 saturated heterocycles.